The predicted octanol–water partition coefficient (Wildman–Crippen LogP) is -3.16. The number of carboxylic acids is 1. The van der Waals surface area contributed by atoms with Gasteiger partial charge in [-0.1, -0.05) is 11.7 Å². The Kier molecular flexibility index (Phi) is 6.54. The Hall–Kier alpha value is -1.03. The Balaban J connectivity index is 0.00000288. The third-order valence-electron chi connectivity index (χ3n) is 3.69. The summed E-state index contributed by atoms with van der Waals surface area (Å²) in [5.74, 6) is -2.23. The fraction of sp³-hybridized carbons (Fsp3) is 0.571. The summed E-state index contributed by atoms with van der Waals surface area (Å²) >= 11 is 1.33. The van der Waals surface area contributed by atoms with Crippen LogP contribution in [0.4, 0.5) is 0 Å². The van der Waals surface area contributed by atoms with Gasteiger partial charge in [0.2, 0.25) is 0 Å². The first-order valence-corrected chi connectivity index (χ1v) is 7.74. The number of aliphatic imine (C=N–C) groups is 1. The monoisotopic (exact) mass is 363 g/mol. The van der Waals surface area contributed by atoms with Gasteiger partial charge in [-0.05, 0) is 26.3 Å². The molecule has 2 rings (SSSR count). The summed E-state index contributed by atoms with van der Waals surface area (Å²) in [5.41, 5.74) is 0.308. The van der Waals surface area contributed by atoms with Crippen molar-refractivity contribution in [2.45, 2.75) is 43.0 Å². The number of aliphatic carboxylic acids is 1. The minimum absolute atomic E-state index is 0. The smallest absolute Gasteiger partial charge is 0.857 e. The number of oxime groups is 1. The fourth-order valence-corrected chi connectivity index (χ4v) is 4.30. The molecule has 2 fully saturated rings. The van der Waals surface area contributed by atoms with E-state index in [1.165, 1.54) is 23.8 Å². The van der Waals surface area contributed by atoms with Gasteiger partial charge in [-0.25, -0.2) is 4.79 Å². The second-order valence-electron chi connectivity index (χ2n) is 5.88. The normalized spacial score (nSPS) is 28.6. The number of carbonyl (C=O) groups excluding carboxylic acids is 1. The first-order valence-electron chi connectivity index (χ1n) is 6.86. The summed E-state index contributed by atoms with van der Waals surface area (Å²) in [6, 6.07) is -1.84. The molecule has 10 heteroatoms. The molecule has 2 aliphatic heterocycles. The van der Waals surface area contributed by atoms with E-state index >= 15 is 0 Å². The topological polar surface area (TPSA) is 115 Å². The number of hydrogen-bond donors (Lipinski definition) is 1. The molecular weight excluding hydrogens is 345 g/mol. The standard InChI is InChI=1S/C14H19N3O5S.Na/c1-6(2)7(16-22-5)10(18)15-8-11(19)17-9(13(20)21)14(3,4)23-12(8)17;/h8-9,12H,1H2,2-5H3,(H,15,18)(H,20,21);/q;+1/p-1/b16-7+;/t8-,9+,12-;/m1./s1. The van der Waals surface area contributed by atoms with Gasteiger partial charge in [-0.15, -0.1) is 11.8 Å². The van der Waals surface area contributed by atoms with E-state index in [0.29, 0.717) is 5.57 Å². The van der Waals surface area contributed by atoms with Gasteiger partial charge in [0, 0.05) is 10.6 Å². The van der Waals surface area contributed by atoms with Gasteiger partial charge in [-0.2, -0.15) is 0 Å². The quantitative estimate of drug-likeness (QED) is 0.181. The van der Waals surface area contributed by atoms with Gasteiger partial charge in [0.05, 0.1) is 0 Å². The molecule has 2 aliphatic rings. The second kappa shape index (κ2) is 7.47. The van der Waals surface area contributed by atoms with E-state index in [1.54, 1.807) is 20.8 Å². The van der Waals surface area contributed by atoms with E-state index in [2.05, 4.69) is 21.6 Å². The van der Waals surface area contributed by atoms with E-state index < -0.39 is 40.0 Å². The minimum Gasteiger partial charge on any atom is -0.857 e. The Morgan fingerprint density at radius 3 is 2.54 bits per heavy atom. The van der Waals surface area contributed by atoms with Crippen LogP contribution in [-0.4, -0.2) is 62.8 Å². The molecule has 0 aromatic carbocycles. The molecule has 2 saturated heterocycles. The number of carboxylic acid groups (broad SMARTS) is 1. The molecule has 0 aromatic rings. The average molecular weight is 363 g/mol. The van der Waals surface area contributed by atoms with Crippen molar-refractivity contribution >= 4 is 35.2 Å². The summed E-state index contributed by atoms with van der Waals surface area (Å²) in [5, 5.41) is 24.6. The molecule has 8 nitrogen and oxygen atoms in total. The molecule has 0 bridgehead atoms. The van der Waals surface area contributed by atoms with E-state index in [9.17, 15) is 19.8 Å². The van der Waals surface area contributed by atoms with Gasteiger partial charge >= 0.3 is 35.5 Å². The van der Waals surface area contributed by atoms with Crippen LogP contribution in [0.2, 0.25) is 0 Å². The van der Waals surface area contributed by atoms with Gasteiger partial charge in [0.25, 0.3) is 5.91 Å². The fourth-order valence-electron chi connectivity index (χ4n) is 2.69. The molecular formula is C14H18N3NaO5S. The van der Waals surface area contributed by atoms with Crippen molar-refractivity contribution in [1.29, 1.82) is 0 Å². The van der Waals surface area contributed by atoms with Crippen LogP contribution in [0.15, 0.2) is 22.3 Å². The molecule has 0 radical (unpaired) electrons. The molecule has 126 valence electrons. The molecule has 0 aromatic heterocycles. The molecule has 0 saturated carbocycles. The van der Waals surface area contributed by atoms with E-state index in [1.807, 2.05) is 0 Å². The van der Waals surface area contributed by atoms with Crippen molar-refractivity contribution in [3.05, 3.63) is 12.2 Å². The van der Waals surface area contributed by atoms with Gasteiger partial charge in [0.15, 0.2) is 6.04 Å². The maximum absolute atomic E-state index is 12.2. The maximum atomic E-state index is 12.2. The maximum Gasteiger partial charge on any atom is 1.00 e. The number of nitrogens with zero attached hydrogens (tertiary/aromatic N) is 3. The van der Waals surface area contributed by atoms with Crippen molar-refractivity contribution in [1.82, 2.24) is 4.90 Å². The zero-order valence-electron chi connectivity index (χ0n) is 14.3. The number of hydrogen-bond acceptors (Lipinski definition) is 7. The summed E-state index contributed by atoms with van der Waals surface area (Å²) in [7, 11) is 1.29. The van der Waals surface area contributed by atoms with Gasteiger partial charge < -0.3 is 20.0 Å². The third-order valence-corrected chi connectivity index (χ3v) is 5.25. The van der Waals surface area contributed by atoms with Crippen molar-refractivity contribution in [2.75, 3.05) is 7.11 Å². The Labute approximate surface area is 166 Å². The van der Waals surface area contributed by atoms with Crippen LogP contribution in [0, 0.1) is 0 Å². The number of thioether (sulfide) groups is 1. The van der Waals surface area contributed by atoms with Crippen LogP contribution in [-0.2, 0) is 14.4 Å². The van der Waals surface area contributed by atoms with Crippen molar-refractivity contribution in [3.63, 3.8) is 0 Å². The molecule has 24 heavy (non-hydrogen) atoms. The zero-order valence-corrected chi connectivity index (χ0v) is 17.1. The molecule has 1 N–H and O–H groups in total. The number of rotatable bonds is 5. The van der Waals surface area contributed by atoms with Gasteiger partial charge in [0.1, 0.15) is 24.2 Å². The summed E-state index contributed by atoms with van der Waals surface area (Å²) in [6.45, 7) is 8.71. The largest absolute Gasteiger partial charge is 1.00 e. The SMILES string of the molecule is C=C(C)/C(=N\OC)C([O-])=N[C@@H]1C(=O)N2[C@@H]1SC(C)(C)[C@@H]2C(=O)O.[Na+]. The van der Waals surface area contributed by atoms with E-state index in [0.717, 1.165) is 0 Å². The third kappa shape index (κ3) is 3.49. The molecule has 0 spiro atoms. The second-order valence-corrected chi connectivity index (χ2v) is 7.65. The molecule has 0 aliphatic carbocycles. The van der Waals surface area contributed by atoms with Crippen LogP contribution >= 0.6 is 11.8 Å². The van der Waals surface area contributed by atoms with Crippen molar-refractivity contribution in [3.8, 4) is 0 Å². The van der Waals surface area contributed by atoms with Crippen LogP contribution in [0.5, 0.6) is 0 Å². The first kappa shape index (κ1) is 21.0. The summed E-state index contributed by atoms with van der Waals surface area (Å²) in [6.07, 6.45) is 0. The summed E-state index contributed by atoms with van der Waals surface area (Å²) in [4.78, 5) is 33.4. The van der Waals surface area contributed by atoms with Crippen LogP contribution in [0.25, 0.3) is 0 Å². The molecule has 1 amide bonds. The van der Waals surface area contributed by atoms with Crippen LogP contribution in [0.1, 0.15) is 20.8 Å². The van der Waals surface area contributed by atoms with E-state index in [-0.39, 0.29) is 35.3 Å². The van der Waals surface area contributed by atoms with Crippen LogP contribution in [0.3, 0.4) is 0 Å². The first-order chi connectivity index (χ1) is 10.6. The summed E-state index contributed by atoms with van der Waals surface area (Å²) < 4.78 is -0.655. The van der Waals surface area contributed by atoms with Crippen molar-refractivity contribution < 1.29 is 54.2 Å². The average Bonchev–Trinajstić information content (AvgIpc) is 2.70. The Bertz CT molecular complexity index is 634. The Morgan fingerprint density at radius 1 is 1.50 bits per heavy atom. The predicted molar refractivity (Wildman–Crippen MR) is 84.2 cm³/mol. The number of amides is 1. The molecule has 0 unspecified atom stereocenters. The minimum atomic E-state index is -1.06. The number of carbonyl (C=O) groups is 2. The van der Waals surface area contributed by atoms with Gasteiger partial charge in [-0.3, -0.25) is 9.79 Å². The van der Waals surface area contributed by atoms with Crippen molar-refractivity contribution in [2.24, 2.45) is 10.1 Å². The zero-order chi connectivity index (χ0) is 17.5. The molecule has 2 heterocycles. The Morgan fingerprint density at radius 2 is 2.08 bits per heavy atom. The number of β-lactam (4-membered cyclic amide) rings is 1. The van der Waals surface area contributed by atoms with E-state index in [4.69, 9.17) is 0 Å². The molecule has 3 atom stereocenters. The van der Waals surface area contributed by atoms with Crippen LogP contribution < -0.4 is 34.7 Å². The number of fused-ring (bicyclic) bond motifs is 1.